The van der Waals surface area contributed by atoms with Crippen LogP contribution in [0.5, 0.6) is 11.5 Å². The number of hydrazone groups is 1. The Balaban J connectivity index is 1.82. The third-order valence-electron chi connectivity index (χ3n) is 4.71. The van der Waals surface area contributed by atoms with Crippen LogP contribution in [0.2, 0.25) is 0 Å². The lowest BCUT2D eigenvalue weighted by Crippen LogP contribution is -2.00. The van der Waals surface area contributed by atoms with Crippen molar-refractivity contribution in [3.63, 3.8) is 0 Å². The lowest BCUT2D eigenvalue weighted by Gasteiger charge is -2.11. The largest absolute Gasteiger partial charge is 0.493 e. The molecule has 2 aromatic carbocycles. The molecule has 2 rings (SSSR count). The van der Waals surface area contributed by atoms with Crippen LogP contribution in [0.3, 0.4) is 0 Å². The second kappa shape index (κ2) is 13.2. The molecule has 0 aliphatic rings. The number of aromatic carboxylic acids is 1. The van der Waals surface area contributed by atoms with E-state index in [1.807, 2.05) is 18.2 Å². The quantitative estimate of drug-likeness (QED) is 0.227. The van der Waals surface area contributed by atoms with Gasteiger partial charge in [0.15, 0.2) is 11.5 Å². The molecule has 6 heteroatoms. The Bertz CT molecular complexity index is 821. The number of carboxylic acid groups (broad SMARTS) is 1. The Morgan fingerprint density at radius 2 is 1.80 bits per heavy atom. The van der Waals surface area contributed by atoms with Crippen molar-refractivity contribution in [3.05, 3.63) is 53.6 Å². The van der Waals surface area contributed by atoms with Gasteiger partial charge >= 0.3 is 5.97 Å². The van der Waals surface area contributed by atoms with Gasteiger partial charge in [-0.25, -0.2) is 4.79 Å². The number of anilines is 1. The molecular formula is C24H32N2O4. The van der Waals surface area contributed by atoms with Gasteiger partial charge in [0, 0.05) is 0 Å². The molecule has 0 aliphatic heterocycles. The molecule has 0 saturated carbocycles. The summed E-state index contributed by atoms with van der Waals surface area (Å²) in [6.07, 6.45) is 10.4. The van der Waals surface area contributed by atoms with Crippen LogP contribution in [0.25, 0.3) is 0 Å². The van der Waals surface area contributed by atoms with Gasteiger partial charge in [0.1, 0.15) is 0 Å². The summed E-state index contributed by atoms with van der Waals surface area (Å²) in [5, 5.41) is 13.2. The summed E-state index contributed by atoms with van der Waals surface area (Å²) in [7, 11) is 1.62. The first-order chi connectivity index (χ1) is 14.6. The molecule has 0 radical (unpaired) electrons. The average molecular weight is 413 g/mol. The minimum absolute atomic E-state index is 0.208. The van der Waals surface area contributed by atoms with Crippen LogP contribution in [0.15, 0.2) is 47.6 Å². The van der Waals surface area contributed by atoms with Crippen molar-refractivity contribution in [2.24, 2.45) is 5.10 Å². The van der Waals surface area contributed by atoms with E-state index in [-0.39, 0.29) is 5.56 Å². The zero-order valence-electron chi connectivity index (χ0n) is 17.9. The van der Waals surface area contributed by atoms with Crippen molar-refractivity contribution >= 4 is 17.9 Å². The first-order valence-electron chi connectivity index (χ1n) is 10.6. The lowest BCUT2D eigenvalue weighted by molar-refractivity contribution is 0.0697. The standard InChI is InChI=1S/C24H32N2O4/c1-3-4-5-6-7-8-9-15-30-22-14-13-19(16-23(22)29-2)18-25-26-21-12-10-11-20(17-21)24(27)28/h10-14,16-18,26H,3-9,15H2,1-2H3,(H,27,28)/b25-18+. The molecule has 0 saturated heterocycles. The first-order valence-corrected chi connectivity index (χ1v) is 10.6. The number of carboxylic acids is 1. The normalized spacial score (nSPS) is 10.9. The molecule has 0 amide bonds. The summed E-state index contributed by atoms with van der Waals surface area (Å²) < 4.78 is 11.3. The average Bonchev–Trinajstić information content (AvgIpc) is 2.76. The third kappa shape index (κ3) is 8.15. The van der Waals surface area contributed by atoms with E-state index in [0.29, 0.717) is 18.0 Å². The summed E-state index contributed by atoms with van der Waals surface area (Å²) in [6, 6.07) is 12.1. The van der Waals surface area contributed by atoms with Gasteiger partial charge in [-0.15, -0.1) is 0 Å². The minimum Gasteiger partial charge on any atom is -0.493 e. The van der Waals surface area contributed by atoms with Crippen LogP contribution in [0.4, 0.5) is 5.69 Å². The number of methoxy groups -OCH3 is 1. The highest BCUT2D eigenvalue weighted by Gasteiger charge is 2.05. The highest BCUT2D eigenvalue weighted by molar-refractivity contribution is 5.89. The SMILES string of the molecule is CCCCCCCCCOc1ccc(/C=N/Nc2cccc(C(=O)O)c2)cc1OC. The van der Waals surface area contributed by atoms with Gasteiger partial charge < -0.3 is 14.6 Å². The molecule has 0 heterocycles. The smallest absolute Gasteiger partial charge is 0.335 e. The van der Waals surface area contributed by atoms with Crippen molar-refractivity contribution in [2.75, 3.05) is 19.1 Å². The number of ether oxygens (including phenoxy) is 2. The summed E-state index contributed by atoms with van der Waals surface area (Å²) in [5.41, 5.74) is 4.50. The van der Waals surface area contributed by atoms with Gasteiger partial charge in [0.05, 0.1) is 31.2 Å². The number of benzene rings is 2. The van der Waals surface area contributed by atoms with E-state index in [0.717, 1.165) is 17.7 Å². The van der Waals surface area contributed by atoms with Crippen molar-refractivity contribution in [2.45, 2.75) is 51.9 Å². The molecule has 0 aromatic heterocycles. The van der Waals surface area contributed by atoms with Crippen LogP contribution in [0.1, 0.15) is 67.8 Å². The number of unbranched alkanes of at least 4 members (excludes halogenated alkanes) is 6. The summed E-state index contributed by atoms with van der Waals surface area (Å²) in [6.45, 7) is 2.91. The number of hydrogen-bond acceptors (Lipinski definition) is 5. The monoisotopic (exact) mass is 412 g/mol. The maximum atomic E-state index is 11.0. The predicted octanol–water partition coefficient (Wildman–Crippen LogP) is 5.97. The second-order valence-corrected chi connectivity index (χ2v) is 7.14. The van der Waals surface area contributed by atoms with E-state index in [2.05, 4.69) is 17.5 Å². The van der Waals surface area contributed by atoms with Crippen molar-refractivity contribution < 1.29 is 19.4 Å². The summed E-state index contributed by atoms with van der Waals surface area (Å²) >= 11 is 0. The van der Waals surface area contributed by atoms with Gasteiger partial charge in [0.25, 0.3) is 0 Å². The van der Waals surface area contributed by atoms with E-state index in [1.165, 1.54) is 50.7 Å². The van der Waals surface area contributed by atoms with Gasteiger partial charge in [-0.1, -0.05) is 51.5 Å². The summed E-state index contributed by atoms with van der Waals surface area (Å²) in [5.74, 6) is 0.414. The molecule has 0 fully saturated rings. The molecule has 2 N–H and O–H groups in total. The number of rotatable bonds is 14. The Morgan fingerprint density at radius 3 is 2.53 bits per heavy atom. The first kappa shape index (κ1) is 23.3. The fourth-order valence-electron chi connectivity index (χ4n) is 3.03. The lowest BCUT2D eigenvalue weighted by atomic mass is 10.1. The Kier molecular flexibility index (Phi) is 10.3. The van der Waals surface area contributed by atoms with Crippen molar-refractivity contribution in [3.8, 4) is 11.5 Å². The molecule has 30 heavy (non-hydrogen) atoms. The van der Waals surface area contributed by atoms with Crippen LogP contribution >= 0.6 is 0 Å². The third-order valence-corrected chi connectivity index (χ3v) is 4.71. The van der Waals surface area contributed by atoms with Crippen molar-refractivity contribution in [1.82, 2.24) is 0 Å². The number of hydrogen-bond donors (Lipinski definition) is 2. The summed E-state index contributed by atoms with van der Waals surface area (Å²) in [4.78, 5) is 11.0. The van der Waals surface area contributed by atoms with E-state index < -0.39 is 5.97 Å². The molecule has 6 nitrogen and oxygen atoms in total. The van der Waals surface area contributed by atoms with Gasteiger partial charge in [-0.05, 0) is 48.4 Å². The maximum Gasteiger partial charge on any atom is 0.335 e. The highest BCUT2D eigenvalue weighted by atomic mass is 16.5. The van der Waals surface area contributed by atoms with E-state index in [4.69, 9.17) is 14.6 Å². The zero-order chi connectivity index (χ0) is 21.6. The van der Waals surface area contributed by atoms with Gasteiger partial charge in [-0.3, -0.25) is 5.43 Å². The topological polar surface area (TPSA) is 80.2 Å². The molecule has 2 aromatic rings. The molecule has 162 valence electrons. The van der Waals surface area contributed by atoms with E-state index in [9.17, 15) is 4.79 Å². The molecule has 0 bridgehead atoms. The Labute approximate surface area is 178 Å². The zero-order valence-corrected chi connectivity index (χ0v) is 17.9. The molecule has 0 aliphatic carbocycles. The highest BCUT2D eigenvalue weighted by Crippen LogP contribution is 2.28. The fraction of sp³-hybridized carbons (Fsp3) is 0.417. The van der Waals surface area contributed by atoms with Gasteiger partial charge in [-0.2, -0.15) is 5.10 Å². The maximum absolute atomic E-state index is 11.0. The molecule has 0 unspecified atom stereocenters. The molecule has 0 spiro atoms. The van der Waals surface area contributed by atoms with Crippen LogP contribution < -0.4 is 14.9 Å². The van der Waals surface area contributed by atoms with E-state index in [1.54, 1.807) is 25.5 Å². The predicted molar refractivity (Wildman–Crippen MR) is 121 cm³/mol. The fourth-order valence-corrected chi connectivity index (χ4v) is 3.03. The minimum atomic E-state index is -0.973. The Hall–Kier alpha value is -3.02. The second-order valence-electron chi connectivity index (χ2n) is 7.14. The number of nitrogens with one attached hydrogen (secondary N) is 1. The van der Waals surface area contributed by atoms with Gasteiger partial charge in [0.2, 0.25) is 0 Å². The molecule has 0 atom stereocenters. The van der Waals surface area contributed by atoms with Crippen molar-refractivity contribution in [1.29, 1.82) is 0 Å². The van der Waals surface area contributed by atoms with E-state index >= 15 is 0 Å². The van der Waals surface area contributed by atoms with Crippen LogP contribution in [0, 0.1) is 0 Å². The number of nitrogens with zero attached hydrogens (tertiary/aromatic N) is 1. The number of carbonyl (C=O) groups is 1. The van der Waals surface area contributed by atoms with Crippen LogP contribution in [-0.2, 0) is 0 Å². The van der Waals surface area contributed by atoms with Crippen LogP contribution in [-0.4, -0.2) is 31.0 Å². The molecular weight excluding hydrogens is 380 g/mol. The Morgan fingerprint density at radius 1 is 1.03 bits per heavy atom.